The summed E-state index contributed by atoms with van der Waals surface area (Å²) >= 11 is 3.38. The largest absolute Gasteiger partial charge is 0.441 e. The quantitative estimate of drug-likeness (QED) is 0.442. The number of oxazole rings is 1. The van der Waals surface area contributed by atoms with Crippen LogP contribution in [0, 0.1) is 12.7 Å². The molecule has 1 aromatic heterocycles. The average Bonchev–Trinajstić information content (AvgIpc) is 3.08. The van der Waals surface area contributed by atoms with Crippen LogP contribution in [-0.4, -0.2) is 31.6 Å². The lowest BCUT2D eigenvalue weighted by molar-refractivity contribution is -0.118. The molecule has 31 heavy (non-hydrogen) atoms. The van der Waals surface area contributed by atoms with Gasteiger partial charge in [-0.3, -0.25) is 4.79 Å². The summed E-state index contributed by atoms with van der Waals surface area (Å²) in [5.74, 6) is -1.20. The molecule has 1 N–H and O–H groups in total. The smallest absolute Gasteiger partial charge is 0.235 e. The van der Waals surface area contributed by atoms with Crippen molar-refractivity contribution in [3.63, 3.8) is 0 Å². The van der Waals surface area contributed by atoms with Crippen molar-refractivity contribution in [3.8, 4) is 11.5 Å². The molecule has 1 amide bonds. The number of sulfone groups is 1. The Bertz CT molecular complexity index is 1140. The summed E-state index contributed by atoms with van der Waals surface area (Å²) in [7, 11) is -3.73. The van der Waals surface area contributed by atoms with Gasteiger partial charge in [0.1, 0.15) is 17.3 Å². The van der Waals surface area contributed by atoms with E-state index in [1.54, 1.807) is 19.1 Å². The van der Waals surface area contributed by atoms with E-state index < -0.39 is 21.5 Å². The lowest BCUT2D eigenvalue weighted by Crippen LogP contribution is -2.32. The van der Waals surface area contributed by atoms with E-state index in [2.05, 4.69) is 26.2 Å². The third-order valence-corrected chi connectivity index (χ3v) is 6.67. The summed E-state index contributed by atoms with van der Waals surface area (Å²) in [6, 6.07) is 13.5. The van der Waals surface area contributed by atoms with Gasteiger partial charge in [0.05, 0.1) is 11.4 Å². The minimum absolute atomic E-state index is 0.261. The molecular weight excluding hydrogens is 487 g/mol. The van der Waals surface area contributed by atoms with E-state index in [0.29, 0.717) is 23.8 Å². The monoisotopic (exact) mass is 508 g/mol. The number of carbonyl (C=O) groups excluding carboxylic acids is 1. The van der Waals surface area contributed by atoms with E-state index in [9.17, 15) is 17.6 Å². The van der Waals surface area contributed by atoms with Gasteiger partial charge in [0, 0.05) is 17.4 Å². The summed E-state index contributed by atoms with van der Waals surface area (Å²) in [6.45, 7) is 1.91. The first kappa shape index (κ1) is 23.1. The lowest BCUT2D eigenvalue weighted by atomic mass is 10.1. The van der Waals surface area contributed by atoms with Crippen molar-refractivity contribution in [3.05, 3.63) is 76.9 Å². The van der Waals surface area contributed by atoms with Crippen LogP contribution in [0.5, 0.6) is 0 Å². The minimum atomic E-state index is -3.73. The predicted octanol–water partition coefficient (Wildman–Crippen LogP) is 3.96. The summed E-state index contributed by atoms with van der Waals surface area (Å²) in [6.07, 6.45) is 0.478. The first-order chi connectivity index (χ1) is 14.8. The molecule has 2 aromatic carbocycles. The van der Waals surface area contributed by atoms with E-state index in [4.69, 9.17) is 4.42 Å². The fourth-order valence-corrected chi connectivity index (χ4v) is 4.59. The maximum atomic E-state index is 12.9. The summed E-state index contributed by atoms with van der Waals surface area (Å²) in [4.78, 5) is 16.4. The molecule has 3 rings (SSSR count). The van der Waals surface area contributed by atoms with Gasteiger partial charge < -0.3 is 9.73 Å². The number of nitrogens with one attached hydrogen (secondary N) is 1. The molecule has 1 heterocycles. The van der Waals surface area contributed by atoms with E-state index >= 15 is 0 Å². The Morgan fingerprint density at radius 3 is 2.39 bits per heavy atom. The van der Waals surface area contributed by atoms with E-state index in [1.807, 2.05) is 24.3 Å². The van der Waals surface area contributed by atoms with Crippen molar-refractivity contribution in [1.29, 1.82) is 0 Å². The molecule has 0 bridgehead atoms. The van der Waals surface area contributed by atoms with Gasteiger partial charge in [-0.15, -0.1) is 0 Å². The number of amides is 1. The Labute approximate surface area is 188 Å². The molecule has 0 aliphatic rings. The average molecular weight is 509 g/mol. The van der Waals surface area contributed by atoms with Gasteiger partial charge in [0.15, 0.2) is 9.84 Å². The van der Waals surface area contributed by atoms with Crippen LogP contribution in [0.4, 0.5) is 4.39 Å². The molecule has 0 spiro atoms. The zero-order valence-electron chi connectivity index (χ0n) is 16.9. The number of nitrogens with zero attached hydrogens (tertiary/aromatic N) is 1. The van der Waals surface area contributed by atoms with Crippen molar-refractivity contribution in [2.75, 3.05) is 12.3 Å². The van der Waals surface area contributed by atoms with Gasteiger partial charge in [-0.2, -0.15) is 0 Å². The Morgan fingerprint density at radius 1 is 1.10 bits per heavy atom. The zero-order chi connectivity index (χ0) is 22.4. The van der Waals surface area contributed by atoms with Gasteiger partial charge >= 0.3 is 0 Å². The highest BCUT2D eigenvalue weighted by Crippen LogP contribution is 2.24. The highest BCUT2D eigenvalue weighted by Gasteiger charge is 2.22. The molecule has 0 atom stereocenters. The molecule has 6 nitrogen and oxygen atoms in total. The SMILES string of the molecule is Cc1oc(-c2ccc(CBr)cc2)nc1CS(=O)(=O)CC(=O)NCCc1ccc(F)cc1. The van der Waals surface area contributed by atoms with Crippen molar-refractivity contribution in [2.45, 2.75) is 24.4 Å². The second-order valence-corrected chi connectivity index (χ2v) is 9.74. The molecule has 164 valence electrons. The van der Waals surface area contributed by atoms with Crippen LogP contribution in [0.2, 0.25) is 0 Å². The molecule has 0 aliphatic heterocycles. The number of hydrogen-bond acceptors (Lipinski definition) is 5. The molecule has 0 radical (unpaired) electrons. The summed E-state index contributed by atoms with van der Waals surface area (Å²) in [5.41, 5.74) is 2.98. The number of aromatic nitrogens is 1. The highest BCUT2D eigenvalue weighted by atomic mass is 79.9. The first-order valence-corrected chi connectivity index (χ1v) is 12.5. The van der Waals surface area contributed by atoms with Crippen molar-refractivity contribution in [1.82, 2.24) is 10.3 Å². The molecule has 0 aliphatic carbocycles. The number of hydrogen-bond donors (Lipinski definition) is 1. The van der Waals surface area contributed by atoms with Crippen molar-refractivity contribution < 1.29 is 22.0 Å². The van der Waals surface area contributed by atoms with Crippen LogP contribution in [0.1, 0.15) is 22.6 Å². The van der Waals surface area contributed by atoms with Crippen LogP contribution in [0.15, 0.2) is 52.9 Å². The number of benzene rings is 2. The molecule has 9 heteroatoms. The van der Waals surface area contributed by atoms with Crippen LogP contribution in [-0.2, 0) is 32.1 Å². The van der Waals surface area contributed by atoms with E-state index in [0.717, 1.165) is 22.0 Å². The highest BCUT2D eigenvalue weighted by molar-refractivity contribution is 9.08. The second kappa shape index (κ2) is 10.2. The first-order valence-electron chi connectivity index (χ1n) is 9.59. The van der Waals surface area contributed by atoms with Crippen LogP contribution in [0.25, 0.3) is 11.5 Å². The molecule has 0 unspecified atom stereocenters. The maximum absolute atomic E-state index is 12.9. The Kier molecular flexibility index (Phi) is 7.61. The third kappa shape index (κ3) is 6.73. The van der Waals surface area contributed by atoms with Gasteiger partial charge in [-0.05, 0) is 48.7 Å². The second-order valence-electron chi connectivity index (χ2n) is 7.11. The van der Waals surface area contributed by atoms with Crippen molar-refractivity contribution in [2.24, 2.45) is 0 Å². The predicted molar refractivity (Wildman–Crippen MR) is 120 cm³/mol. The minimum Gasteiger partial charge on any atom is -0.441 e. The third-order valence-electron chi connectivity index (χ3n) is 4.60. The van der Waals surface area contributed by atoms with Crippen LogP contribution in [0.3, 0.4) is 0 Å². The Balaban J connectivity index is 1.56. The summed E-state index contributed by atoms with van der Waals surface area (Å²) in [5, 5.41) is 3.31. The van der Waals surface area contributed by atoms with Gasteiger partial charge in [0.25, 0.3) is 0 Å². The van der Waals surface area contributed by atoms with E-state index in [1.165, 1.54) is 12.1 Å². The molecule has 0 saturated carbocycles. The van der Waals surface area contributed by atoms with Crippen LogP contribution >= 0.6 is 15.9 Å². The van der Waals surface area contributed by atoms with Gasteiger partial charge in [-0.25, -0.2) is 17.8 Å². The number of carbonyl (C=O) groups is 1. The maximum Gasteiger partial charge on any atom is 0.235 e. The van der Waals surface area contributed by atoms with Crippen LogP contribution < -0.4 is 5.32 Å². The molecular formula is C22H22BrFN2O4S. The lowest BCUT2D eigenvalue weighted by Gasteiger charge is -2.06. The Morgan fingerprint density at radius 2 is 1.74 bits per heavy atom. The molecule has 3 aromatic rings. The topological polar surface area (TPSA) is 89.3 Å². The molecule has 0 fully saturated rings. The van der Waals surface area contributed by atoms with Gasteiger partial charge in [-0.1, -0.05) is 40.2 Å². The fourth-order valence-electron chi connectivity index (χ4n) is 2.93. The fraction of sp³-hybridized carbons (Fsp3) is 0.273. The number of aryl methyl sites for hydroxylation is 1. The zero-order valence-corrected chi connectivity index (χ0v) is 19.3. The van der Waals surface area contributed by atoms with E-state index in [-0.39, 0.29) is 18.1 Å². The molecule has 0 saturated heterocycles. The number of rotatable bonds is 9. The summed E-state index contributed by atoms with van der Waals surface area (Å²) < 4.78 is 43.5. The normalized spacial score (nSPS) is 11.5. The standard InChI is InChI=1S/C22H22BrFN2O4S/c1-15-20(26-22(30-15)18-6-2-17(12-23)3-7-18)13-31(28,29)14-21(27)25-11-10-16-4-8-19(24)9-5-16/h2-9H,10-14H2,1H3,(H,25,27). The number of alkyl halides is 1. The van der Waals surface area contributed by atoms with Crippen molar-refractivity contribution >= 4 is 31.7 Å². The Hall–Kier alpha value is -2.52. The van der Waals surface area contributed by atoms with Gasteiger partial charge in [0.2, 0.25) is 11.8 Å². The number of halogens is 2.